The number of hydrogen-bond donors (Lipinski definition) is 1. The molecule has 0 saturated heterocycles. The van der Waals surface area contributed by atoms with Crippen LogP contribution in [0.3, 0.4) is 0 Å². The molecule has 0 spiro atoms. The Kier molecular flexibility index (Phi) is 6.09. The van der Waals surface area contributed by atoms with E-state index in [1.54, 1.807) is 48.7 Å². The number of aromatic nitrogens is 1. The highest BCUT2D eigenvalue weighted by Crippen LogP contribution is 2.27. The molecule has 0 saturated carbocycles. The van der Waals surface area contributed by atoms with Crippen molar-refractivity contribution in [3.05, 3.63) is 60.4 Å². The van der Waals surface area contributed by atoms with Crippen LogP contribution in [0, 0.1) is 5.92 Å². The zero-order valence-corrected chi connectivity index (χ0v) is 14.7. The summed E-state index contributed by atoms with van der Waals surface area (Å²) >= 11 is 0. The number of sulfone groups is 1. The van der Waals surface area contributed by atoms with Gasteiger partial charge in [-0.25, -0.2) is 8.42 Å². The van der Waals surface area contributed by atoms with Crippen molar-refractivity contribution in [1.82, 2.24) is 10.3 Å². The lowest BCUT2D eigenvalue weighted by atomic mass is 10.1. The van der Waals surface area contributed by atoms with E-state index in [-0.39, 0.29) is 23.3 Å². The van der Waals surface area contributed by atoms with Crippen LogP contribution in [-0.2, 0) is 14.6 Å². The molecular weight excluding hydrogens is 324 g/mol. The smallest absolute Gasteiger partial charge is 0.220 e. The van der Waals surface area contributed by atoms with Crippen LogP contribution in [-0.4, -0.2) is 25.9 Å². The van der Waals surface area contributed by atoms with Crippen LogP contribution in [0.5, 0.6) is 0 Å². The maximum atomic E-state index is 13.0. The first-order chi connectivity index (χ1) is 11.4. The Morgan fingerprint density at radius 1 is 1.12 bits per heavy atom. The summed E-state index contributed by atoms with van der Waals surface area (Å²) in [5, 5.41) is 1.87. The molecule has 1 aromatic carbocycles. The van der Waals surface area contributed by atoms with Crippen LogP contribution in [0.2, 0.25) is 0 Å². The molecule has 1 N–H and O–H groups in total. The molecule has 1 heterocycles. The number of nitrogens with zero attached hydrogens (tertiary/aromatic N) is 1. The number of benzene rings is 1. The van der Waals surface area contributed by atoms with Gasteiger partial charge in [-0.2, -0.15) is 0 Å². The highest BCUT2D eigenvalue weighted by atomic mass is 32.2. The van der Waals surface area contributed by atoms with Gasteiger partial charge in [0, 0.05) is 25.4 Å². The van der Waals surface area contributed by atoms with Gasteiger partial charge < -0.3 is 5.32 Å². The Bertz CT molecular complexity index is 759. The third kappa shape index (κ3) is 4.64. The zero-order valence-electron chi connectivity index (χ0n) is 13.8. The van der Waals surface area contributed by atoms with E-state index in [1.165, 1.54) is 6.20 Å². The van der Waals surface area contributed by atoms with E-state index in [9.17, 15) is 13.2 Å². The average molecular weight is 346 g/mol. The largest absolute Gasteiger partial charge is 0.354 e. The summed E-state index contributed by atoms with van der Waals surface area (Å²) in [6.45, 7) is 3.91. The molecule has 0 aliphatic heterocycles. The molecule has 0 bridgehead atoms. The summed E-state index contributed by atoms with van der Waals surface area (Å²) < 4.78 is 26.0. The lowest BCUT2D eigenvalue weighted by Crippen LogP contribution is -2.32. The number of hydrogen-bond acceptors (Lipinski definition) is 4. The summed E-state index contributed by atoms with van der Waals surface area (Å²) in [5.41, 5.74) is 0.561. The number of nitrogens with one attached hydrogen (secondary N) is 1. The standard InChI is InChI=1S/C18H22N2O3S/c1-14(2)11-18(21)20-13-17(15-7-6-10-19-12-15)24(22,23)16-8-4-3-5-9-16/h3-10,12,14,17H,11,13H2,1-2H3,(H,20,21). The molecule has 0 fully saturated rings. The van der Waals surface area contributed by atoms with E-state index in [2.05, 4.69) is 10.3 Å². The van der Waals surface area contributed by atoms with Crippen molar-refractivity contribution in [1.29, 1.82) is 0 Å². The van der Waals surface area contributed by atoms with Crippen LogP contribution >= 0.6 is 0 Å². The normalized spacial score (nSPS) is 12.8. The third-order valence-corrected chi connectivity index (χ3v) is 5.70. The van der Waals surface area contributed by atoms with E-state index in [4.69, 9.17) is 0 Å². The third-order valence-electron chi connectivity index (χ3n) is 3.58. The van der Waals surface area contributed by atoms with E-state index in [1.807, 2.05) is 13.8 Å². The Hall–Kier alpha value is -2.21. The second-order valence-electron chi connectivity index (χ2n) is 6.04. The molecule has 1 atom stereocenters. The fourth-order valence-electron chi connectivity index (χ4n) is 2.40. The van der Waals surface area contributed by atoms with Crippen molar-refractivity contribution < 1.29 is 13.2 Å². The Morgan fingerprint density at radius 3 is 2.42 bits per heavy atom. The first-order valence-electron chi connectivity index (χ1n) is 7.87. The highest BCUT2D eigenvalue weighted by Gasteiger charge is 2.29. The molecular formula is C18H22N2O3S. The van der Waals surface area contributed by atoms with E-state index < -0.39 is 15.1 Å². The summed E-state index contributed by atoms with van der Waals surface area (Å²) in [6.07, 6.45) is 3.48. The molecule has 1 amide bonds. The van der Waals surface area contributed by atoms with Gasteiger partial charge in [0.05, 0.1) is 4.90 Å². The van der Waals surface area contributed by atoms with Gasteiger partial charge >= 0.3 is 0 Å². The van der Waals surface area contributed by atoms with E-state index in [0.717, 1.165) is 0 Å². The summed E-state index contributed by atoms with van der Waals surface area (Å²) in [5.74, 6) is 0.0646. The molecule has 0 radical (unpaired) electrons. The molecule has 24 heavy (non-hydrogen) atoms. The van der Waals surface area contributed by atoms with Crippen molar-refractivity contribution in [3.63, 3.8) is 0 Å². The van der Waals surface area contributed by atoms with Gasteiger partial charge in [-0.1, -0.05) is 38.1 Å². The van der Waals surface area contributed by atoms with Crippen LogP contribution in [0.1, 0.15) is 31.1 Å². The Balaban J connectivity index is 2.29. The van der Waals surface area contributed by atoms with Crippen molar-refractivity contribution in [3.8, 4) is 0 Å². The SMILES string of the molecule is CC(C)CC(=O)NCC(c1cccnc1)S(=O)(=O)c1ccccc1. The van der Waals surface area contributed by atoms with E-state index in [0.29, 0.717) is 12.0 Å². The van der Waals surface area contributed by atoms with Crippen molar-refractivity contribution in [2.45, 2.75) is 30.4 Å². The Morgan fingerprint density at radius 2 is 1.83 bits per heavy atom. The fraction of sp³-hybridized carbons (Fsp3) is 0.333. The van der Waals surface area contributed by atoms with Gasteiger partial charge in [0.25, 0.3) is 0 Å². The van der Waals surface area contributed by atoms with Crippen molar-refractivity contribution in [2.75, 3.05) is 6.54 Å². The molecule has 1 unspecified atom stereocenters. The second kappa shape index (κ2) is 8.06. The molecule has 2 rings (SSSR count). The zero-order chi connectivity index (χ0) is 17.6. The summed E-state index contributed by atoms with van der Waals surface area (Å²) in [4.78, 5) is 16.2. The molecule has 0 aliphatic rings. The molecule has 1 aromatic heterocycles. The number of pyridine rings is 1. The van der Waals surface area contributed by atoms with Gasteiger partial charge in [0.1, 0.15) is 5.25 Å². The predicted octanol–water partition coefficient (Wildman–Crippen LogP) is 2.76. The Labute approximate surface area is 143 Å². The lowest BCUT2D eigenvalue weighted by Gasteiger charge is -2.19. The van der Waals surface area contributed by atoms with Crippen LogP contribution in [0.25, 0.3) is 0 Å². The molecule has 5 nitrogen and oxygen atoms in total. The minimum Gasteiger partial charge on any atom is -0.354 e. The van der Waals surface area contributed by atoms with Gasteiger partial charge in [0.2, 0.25) is 5.91 Å². The summed E-state index contributed by atoms with van der Waals surface area (Å²) in [7, 11) is -3.63. The molecule has 6 heteroatoms. The molecule has 2 aromatic rings. The topological polar surface area (TPSA) is 76.1 Å². The van der Waals surface area contributed by atoms with Crippen molar-refractivity contribution in [2.24, 2.45) is 5.92 Å². The lowest BCUT2D eigenvalue weighted by molar-refractivity contribution is -0.121. The van der Waals surface area contributed by atoms with Crippen LogP contribution in [0.4, 0.5) is 0 Å². The van der Waals surface area contributed by atoms with Crippen LogP contribution < -0.4 is 5.32 Å². The van der Waals surface area contributed by atoms with Gasteiger partial charge in [0.15, 0.2) is 9.84 Å². The first-order valence-corrected chi connectivity index (χ1v) is 9.41. The predicted molar refractivity (Wildman–Crippen MR) is 93.1 cm³/mol. The number of carbonyl (C=O) groups excluding carboxylic acids is 1. The maximum absolute atomic E-state index is 13.0. The van der Waals surface area contributed by atoms with Gasteiger partial charge in [-0.15, -0.1) is 0 Å². The summed E-state index contributed by atoms with van der Waals surface area (Å²) in [6, 6.07) is 11.7. The monoisotopic (exact) mass is 346 g/mol. The fourth-order valence-corrected chi connectivity index (χ4v) is 4.06. The quantitative estimate of drug-likeness (QED) is 0.836. The van der Waals surface area contributed by atoms with Crippen molar-refractivity contribution >= 4 is 15.7 Å². The first kappa shape index (κ1) is 18.1. The number of carbonyl (C=O) groups is 1. The van der Waals surface area contributed by atoms with Gasteiger partial charge in [-0.05, 0) is 29.7 Å². The average Bonchev–Trinajstić information content (AvgIpc) is 2.56. The number of amides is 1. The molecule has 128 valence electrons. The maximum Gasteiger partial charge on any atom is 0.220 e. The van der Waals surface area contributed by atoms with Crippen LogP contribution in [0.15, 0.2) is 59.8 Å². The number of rotatable bonds is 7. The molecule has 0 aliphatic carbocycles. The van der Waals surface area contributed by atoms with E-state index >= 15 is 0 Å². The minimum atomic E-state index is -3.63. The minimum absolute atomic E-state index is 0.0223. The second-order valence-corrected chi connectivity index (χ2v) is 8.17. The van der Waals surface area contributed by atoms with Gasteiger partial charge in [-0.3, -0.25) is 9.78 Å². The highest BCUT2D eigenvalue weighted by molar-refractivity contribution is 7.91.